The van der Waals surface area contributed by atoms with Gasteiger partial charge in [-0.05, 0) is 6.07 Å². The van der Waals surface area contributed by atoms with Gasteiger partial charge in [-0.3, -0.25) is 4.79 Å². The van der Waals surface area contributed by atoms with Gasteiger partial charge in [-0.15, -0.1) is 0 Å². The molecule has 1 aromatic rings. The third kappa shape index (κ3) is 2.72. The molecule has 0 aromatic carbocycles. The van der Waals surface area contributed by atoms with Crippen LogP contribution in [0.5, 0.6) is 5.88 Å². The normalized spacial score (nSPS) is 9.77. The van der Waals surface area contributed by atoms with E-state index in [9.17, 15) is 4.79 Å². The molecule has 0 fully saturated rings. The maximum absolute atomic E-state index is 9.99. The lowest BCUT2D eigenvalue weighted by Gasteiger charge is -2.04. The SMILES string of the molecule is O=CCOc1nc(Cl)c(Cl)cc1Cl. The van der Waals surface area contributed by atoms with E-state index in [1.165, 1.54) is 6.07 Å². The van der Waals surface area contributed by atoms with Gasteiger partial charge >= 0.3 is 0 Å². The zero-order valence-electron chi connectivity index (χ0n) is 6.26. The Labute approximate surface area is 89.6 Å². The highest BCUT2D eigenvalue weighted by atomic mass is 35.5. The van der Waals surface area contributed by atoms with Crippen LogP contribution in [-0.2, 0) is 4.79 Å². The van der Waals surface area contributed by atoms with Crippen LogP contribution in [-0.4, -0.2) is 17.9 Å². The molecule has 0 saturated carbocycles. The predicted molar refractivity (Wildman–Crippen MR) is 50.8 cm³/mol. The molecule has 0 bridgehead atoms. The van der Waals surface area contributed by atoms with E-state index in [1.54, 1.807) is 0 Å². The van der Waals surface area contributed by atoms with Crippen LogP contribution in [0.15, 0.2) is 6.07 Å². The molecule has 1 aromatic heterocycles. The number of ether oxygens (including phenoxy) is 1. The Morgan fingerprint density at radius 2 is 2.08 bits per heavy atom. The minimum Gasteiger partial charge on any atom is -0.469 e. The molecule has 0 aliphatic rings. The van der Waals surface area contributed by atoms with Gasteiger partial charge in [0.25, 0.3) is 0 Å². The van der Waals surface area contributed by atoms with Crippen molar-refractivity contribution in [2.75, 3.05) is 6.61 Å². The molecule has 3 nitrogen and oxygen atoms in total. The molecule has 0 aliphatic carbocycles. The van der Waals surface area contributed by atoms with Crippen LogP contribution in [0.2, 0.25) is 15.2 Å². The standard InChI is InChI=1S/C7H4Cl3NO2/c8-4-3-5(9)7(11-6(4)10)13-2-1-12/h1,3H,2H2. The van der Waals surface area contributed by atoms with Crippen molar-refractivity contribution in [1.29, 1.82) is 0 Å². The number of hydrogen-bond acceptors (Lipinski definition) is 3. The number of nitrogens with zero attached hydrogens (tertiary/aromatic N) is 1. The van der Waals surface area contributed by atoms with Crippen molar-refractivity contribution < 1.29 is 9.53 Å². The van der Waals surface area contributed by atoms with Gasteiger partial charge in [-0.1, -0.05) is 34.8 Å². The van der Waals surface area contributed by atoms with Crippen LogP contribution in [0, 0.1) is 0 Å². The minimum atomic E-state index is -0.120. The molecule has 1 rings (SSSR count). The lowest BCUT2D eigenvalue weighted by Crippen LogP contribution is -2.00. The average molecular weight is 240 g/mol. The highest BCUT2D eigenvalue weighted by molar-refractivity contribution is 6.42. The van der Waals surface area contributed by atoms with Crippen LogP contribution >= 0.6 is 34.8 Å². The van der Waals surface area contributed by atoms with Gasteiger partial charge in [0.05, 0.1) is 5.02 Å². The van der Waals surface area contributed by atoms with Gasteiger partial charge in [0.15, 0.2) is 11.4 Å². The molecule has 0 saturated heterocycles. The summed E-state index contributed by atoms with van der Waals surface area (Å²) in [6, 6.07) is 1.40. The van der Waals surface area contributed by atoms with E-state index in [2.05, 4.69) is 4.98 Å². The summed E-state index contributed by atoms with van der Waals surface area (Å²) >= 11 is 16.9. The lowest BCUT2D eigenvalue weighted by atomic mass is 10.5. The van der Waals surface area contributed by atoms with Gasteiger partial charge in [0.1, 0.15) is 11.6 Å². The van der Waals surface area contributed by atoms with Crippen LogP contribution in [0.3, 0.4) is 0 Å². The summed E-state index contributed by atoms with van der Waals surface area (Å²) in [6.07, 6.45) is 0.584. The molecule has 1 heterocycles. The number of halogens is 3. The van der Waals surface area contributed by atoms with Crippen LogP contribution < -0.4 is 4.74 Å². The maximum Gasteiger partial charge on any atom is 0.234 e. The largest absolute Gasteiger partial charge is 0.469 e. The summed E-state index contributed by atoms with van der Waals surface area (Å²) in [5, 5.41) is 0.549. The monoisotopic (exact) mass is 239 g/mol. The maximum atomic E-state index is 9.99. The fourth-order valence-electron chi connectivity index (χ4n) is 0.643. The first-order valence-electron chi connectivity index (χ1n) is 3.23. The first-order chi connectivity index (χ1) is 6.15. The third-order valence-electron chi connectivity index (χ3n) is 1.14. The van der Waals surface area contributed by atoms with E-state index in [0.717, 1.165) is 0 Å². The molecular formula is C7H4Cl3NO2. The Hall–Kier alpha value is -0.510. The second-order valence-corrected chi connectivity index (χ2v) is 3.20. The number of pyridine rings is 1. The van der Waals surface area contributed by atoms with E-state index in [0.29, 0.717) is 6.29 Å². The fraction of sp³-hybridized carbons (Fsp3) is 0.143. The van der Waals surface area contributed by atoms with Gasteiger partial charge in [0, 0.05) is 0 Å². The number of hydrogen-bond donors (Lipinski definition) is 0. The van der Waals surface area contributed by atoms with Crippen LogP contribution in [0.4, 0.5) is 0 Å². The highest BCUT2D eigenvalue weighted by Gasteiger charge is 2.08. The second-order valence-electron chi connectivity index (χ2n) is 2.03. The number of carbonyl (C=O) groups excluding carboxylic acids is 1. The molecule has 0 atom stereocenters. The Morgan fingerprint density at radius 3 is 2.69 bits per heavy atom. The molecule has 0 N–H and O–H groups in total. The number of aromatic nitrogens is 1. The Kier molecular flexibility index (Phi) is 3.78. The average Bonchev–Trinajstić information content (AvgIpc) is 2.09. The predicted octanol–water partition coefficient (Wildman–Crippen LogP) is 2.62. The summed E-state index contributed by atoms with van der Waals surface area (Å²) < 4.78 is 4.87. The Balaban J connectivity index is 2.94. The zero-order chi connectivity index (χ0) is 9.84. The third-order valence-corrected chi connectivity index (χ3v) is 2.09. The van der Waals surface area contributed by atoms with E-state index < -0.39 is 0 Å². The van der Waals surface area contributed by atoms with E-state index in [-0.39, 0.29) is 27.7 Å². The topological polar surface area (TPSA) is 39.2 Å². The van der Waals surface area contributed by atoms with Gasteiger partial charge in [-0.2, -0.15) is 4.98 Å². The van der Waals surface area contributed by atoms with Crippen molar-refractivity contribution in [2.45, 2.75) is 0 Å². The number of carbonyl (C=O) groups is 1. The minimum absolute atomic E-state index is 0.0898. The van der Waals surface area contributed by atoms with Crippen LogP contribution in [0.1, 0.15) is 0 Å². The van der Waals surface area contributed by atoms with Crippen molar-refractivity contribution in [2.24, 2.45) is 0 Å². The lowest BCUT2D eigenvalue weighted by molar-refractivity contribution is -0.109. The molecule has 0 radical (unpaired) electrons. The van der Waals surface area contributed by atoms with Gasteiger partial charge in [-0.25, -0.2) is 0 Å². The smallest absolute Gasteiger partial charge is 0.234 e. The zero-order valence-corrected chi connectivity index (χ0v) is 8.53. The molecule has 0 unspecified atom stereocenters. The molecule has 0 aliphatic heterocycles. The summed E-state index contributed by atoms with van der Waals surface area (Å²) in [6.45, 7) is -0.120. The van der Waals surface area contributed by atoms with Gasteiger partial charge in [0.2, 0.25) is 5.88 Å². The Morgan fingerprint density at radius 1 is 1.38 bits per heavy atom. The van der Waals surface area contributed by atoms with E-state index in [1.807, 2.05) is 0 Å². The van der Waals surface area contributed by atoms with Crippen molar-refractivity contribution in [3.05, 3.63) is 21.3 Å². The number of rotatable bonds is 3. The fourth-order valence-corrected chi connectivity index (χ4v) is 1.19. The molecular weight excluding hydrogens is 236 g/mol. The van der Waals surface area contributed by atoms with E-state index in [4.69, 9.17) is 39.5 Å². The summed E-state index contributed by atoms with van der Waals surface area (Å²) in [5.74, 6) is 0.100. The van der Waals surface area contributed by atoms with Crippen molar-refractivity contribution in [1.82, 2.24) is 4.98 Å². The van der Waals surface area contributed by atoms with Crippen molar-refractivity contribution in [3.63, 3.8) is 0 Å². The summed E-state index contributed by atoms with van der Waals surface area (Å²) in [4.78, 5) is 13.7. The Bertz CT molecular complexity index is 330. The van der Waals surface area contributed by atoms with Gasteiger partial charge < -0.3 is 4.74 Å². The highest BCUT2D eigenvalue weighted by Crippen LogP contribution is 2.30. The first kappa shape index (κ1) is 10.6. The quantitative estimate of drug-likeness (QED) is 0.602. The van der Waals surface area contributed by atoms with Crippen molar-refractivity contribution >= 4 is 41.1 Å². The van der Waals surface area contributed by atoms with E-state index >= 15 is 0 Å². The molecule has 13 heavy (non-hydrogen) atoms. The molecule has 70 valence electrons. The molecule has 6 heteroatoms. The van der Waals surface area contributed by atoms with Crippen LogP contribution in [0.25, 0.3) is 0 Å². The molecule has 0 spiro atoms. The van der Waals surface area contributed by atoms with Crippen molar-refractivity contribution in [3.8, 4) is 5.88 Å². The summed E-state index contributed by atoms with van der Waals surface area (Å²) in [5.41, 5.74) is 0. The first-order valence-corrected chi connectivity index (χ1v) is 4.36. The summed E-state index contributed by atoms with van der Waals surface area (Å²) in [7, 11) is 0. The molecule has 0 amide bonds. The number of aldehydes is 1. The second kappa shape index (κ2) is 4.65.